The van der Waals surface area contributed by atoms with E-state index in [1.807, 2.05) is 30.5 Å². The Bertz CT molecular complexity index is 916. The van der Waals surface area contributed by atoms with Gasteiger partial charge < -0.3 is 9.32 Å². The molecule has 26 heavy (non-hydrogen) atoms. The Balaban J connectivity index is 1.66. The molecule has 0 spiro atoms. The second-order valence-electron chi connectivity index (χ2n) is 6.32. The molecule has 0 aliphatic carbocycles. The van der Waals surface area contributed by atoms with Crippen LogP contribution in [0.1, 0.15) is 22.6 Å². The van der Waals surface area contributed by atoms with Crippen LogP contribution in [0.4, 0.5) is 0 Å². The highest BCUT2D eigenvalue weighted by molar-refractivity contribution is 7.99. The Morgan fingerprint density at radius 1 is 1.23 bits per heavy atom. The standard InChI is InChI=1S/C19H22N4O2S/c1-13-5-6-14(2)17(9-13)23-12-20-21-19(23)26-11-18(24)22(4)10-16-8-7-15(3)25-16/h5-9,12H,10-11H2,1-4H3. The summed E-state index contributed by atoms with van der Waals surface area (Å²) in [5.41, 5.74) is 3.33. The summed E-state index contributed by atoms with van der Waals surface area (Å²) in [6.45, 7) is 6.45. The van der Waals surface area contributed by atoms with E-state index in [1.54, 1.807) is 18.3 Å². The fourth-order valence-electron chi connectivity index (χ4n) is 2.60. The second-order valence-corrected chi connectivity index (χ2v) is 7.27. The van der Waals surface area contributed by atoms with Crippen LogP contribution in [-0.4, -0.2) is 38.4 Å². The number of aromatic nitrogens is 3. The molecule has 136 valence electrons. The molecular weight excluding hydrogens is 348 g/mol. The van der Waals surface area contributed by atoms with Crippen molar-refractivity contribution in [3.8, 4) is 5.69 Å². The third-order valence-electron chi connectivity index (χ3n) is 4.08. The molecule has 0 radical (unpaired) electrons. The van der Waals surface area contributed by atoms with Gasteiger partial charge in [-0.15, -0.1) is 10.2 Å². The molecule has 0 saturated heterocycles. The van der Waals surface area contributed by atoms with E-state index in [2.05, 4.69) is 35.3 Å². The van der Waals surface area contributed by atoms with Crippen molar-refractivity contribution in [2.24, 2.45) is 0 Å². The Labute approximate surface area is 157 Å². The van der Waals surface area contributed by atoms with Crippen LogP contribution in [0.3, 0.4) is 0 Å². The fourth-order valence-corrected chi connectivity index (χ4v) is 3.46. The summed E-state index contributed by atoms with van der Waals surface area (Å²) >= 11 is 1.38. The lowest BCUT2D eigenvalue weighted by atomic mass is 10.1. The Morgan fingerprint density at radius 3 is 2.77 bits per heavy atom. The van der Waals surface area contributed by atoms with Gasteiger partial charge in [0.25, 0.3) is 0 Å². The highest BCUT2D eigenvalue weighted by atomic mass is 32.2. The molecular formula is C19H22N4O2S. The minimum absolute atomic E-state index is 0.0135. The highest BCUT2D eigenvalue weighted by Gasteiger charge is 2.15. The quantitative estimate of drug-likeness (QED) is 0.621. The van der Waals surface area contributed by atoms with E-state index in [1.165, 1.54) is 17.3 Å². The number of aryl methyl sites for hydroxylation is 3. The minimum atomic E-state index is 0.0135. The van der Waals surface area contributed by atoms with Gasteiger partial charge in [0, 0.05) is 7.05 Å². The van der Waals surface area contributed by atoms with E-state index in [-0.39, 0.29) is 5.91 Å². The van der Waals surface area contributed by atoms with Gasteiger partial charge in [-0.25, -0.2) is 0 Å². The number of hydrogen-bond donors (Lipinski definition) is 0. The van der Waals surface area contributed by atoms with Crippen LogP contribution in [0.25, 0.3) is 5.69 Å². The minimum Gasteiger partial charge on any atom is -0.464 e. The number of nitrogens with zero attached hydrogens (tertiary/aromatic N) is 4. The molecule has 0 aliphatic rings. The molecule has 0 atom stereocenters. The Kier molecular flexibility index (Phi) is 5.46. The maximum Gasteiger partial charge on any atom is 0.233 e. The number of hydrogen-bond acceptors (Lipinski definition) is 5. The molecule has 1 amide bonds. The summed E-state index contributed by atoms with van der Waals surface area (Å²) in [6, 6.07) is 10.0. The second kappa shape index (κ2) is 7.78. The monoisotopic (exact) mass is 370 g/mol. The van der Waals surface area contributed by atoms with Crippen molar-refractivity contribution in [1.29, 1.82) is 0 Å². The highest BCUT2D eigenvalue weighted by Crippen LogP contribution is 2.23. The Morgan fingerprint density at radius 2 is 2.04 bits per heavy atom. The summed E-state index contributed by atoms with van der Waals surface area (Å²) in [7, 11) is 1.77. The van der Waals surface area contributed by atoms with E-state index < -0.39 is 0 Å². The van der Waals surface area contributed by atoms with Crippen molar-refractivity contribution in [1.82, 2.24) is 19.7 Å². The third-order valence-corrected chi connectivity index (χ3v) is 5.01. The SMILES string of the molecule is Cc1ccc(C)c(-n2cnnc2SCC(=O)N(C)Cc2ccc(C)o2)c1. The third kappa shape index (κ3) is 4.16. The van der Waals surface area contributed by atoms with Crippen molar-refractivity contribution in [2.45, 2.75) is 32.5 Å². The van der Waals surface area contributed by atoms with E-state index in [4.69, 9.17) is 4.42 Å². The van der Waals surface area contributed by atoms with E-state index >= 15 is 0 Å². The van der Waals surface area contributed by atoms with Gasteiger partial charge >= 0.3 is 0 Å². The zero-order valence-electron chi connectivity index (χ0n) is 15.4. The maximum atomic E-state index is 12.4. The molecule has 6 nitrogen and oxygen atoms in total. The van der Waals surface area contributed by atoms with Crippen LogP contribution in [0.2, 0.25) is 0 Å². The van der Waals surface area contributed by atoms with E-state index in [0.29, 0.717) is 17.5 Å². The van der Waals surface area contributed by atoms with Gasteiger partial charge in [-0.3, -0.25) is 9.36 Å². The maximum absolute atomic E-state index is 12.4. The number of benzene rings is 1. The molecule has 2 aromatic heterocycles. The first-order valence-corrected chi connectivity index (χ1v) is 9.32. The van der Waals surface area contributed by atoms with Gasteiger partial charge in [0.15, 0.2) is 5.16 Å². The van der Waals surface area contributed by atoms with Crippen LogP contribution in [0, 0.1) is 20.8 Å². The molecule has 0 N–H and O–H groups in total. The van der Waals surface area contributed by atoms with Gasteiger partial charge in [0.2, 0.25) is 5.91 Å². The topological polar surface area (TPSA) is 64.2 Å². The fraction of sp³-hybridized carbons (Fsp3) is 0.316. The van der Waals surface area contributed by atoms with Crippen molar-refractivity contribution >= 4 is 17.7 Å². The lowest BCUT2D eigenvalue weighted by Gasteiger charge is -2.15. The molecule has 3 rings (SSSR count). The number of furan rings is 1. The first-order valence-electron chi connectivity index (χ1n) is 8.34. The van der Waals surface area contributed by atoms with Crippen LogP contribution < -0.4 is 0 Å². The predicted octanol–water partition coefficient (Wildman–Crippen LogP) is 3.54. The first-order chi connectivity index (χ1) is 12.4. The van der Waals surface area contributed by atoms with Gasteiger partial charge in [-0.1, -0.05) is 23.9 Å². The van der Waals surface area contributed by atoms with Crippen molar-refractivity contribution in [3.63, 3.8) is 0 Å². The zero-order chi connectivity index (χ0) is 18.7. The van der Waals surface area contributed by atoms with Crippen LogP contribution in [-0.2, 0) is 11.3 Å². The molecule has 7 heteroatoms. The van der Waals surface area contributed by atoms with Crippen LogP contribution >= 0.6 is 11.8 Å². The predicted molar refractivity (Wildman–Crippen MR) is 101 cm³/mol. The summed E-state index contributed by atoms with van der Waals surface area (Å²) < 4.78 is 7.46. The molecule has 2 heterocycles. The summed E-state index contributed by atoms with van der Waals surface area (Å²) in [5.74, 6) is 1.93. The van der Waals surface area contributed by atoms with Crippen molar-refractivity contribution < 1.29 is 9.21 Å². The van der Waals surface area contributed by atoms with Crippen LogP contribution in [0.15, 0.2) is 46.2 Å². The largest absolute Gasteiger partial charge is 0.464 e. The number of amides is 1. The number of thioether (sulfide) groups is 1. The molecule has 1 aromatic carbocycles. The van der Waals surface area contributed by atoms with Gasteiger partial charge in [0.1, 0.15) is 17.8 Å². The molecule has 0 fully saturated rings. The molecule has 0 bridgehead atoms. The molecule has 0 saturated carbocycles. The van der Waals surface area contributed by atoms with Crippen molar-refractivity contribution in [2.75, 3.05) is 12.8 Å². The number of rotatable bonds is 6. The molecule has 0 unspecified atom stereocenters. The average molecular weight is 370 g/mol. The average Bonchev–Trinajstić information content (AvgIpc) is 3.23. The Hall–Kier alpha value is -2.54. The smallest absolute Gasteiger partial charge is 0.233 e. The van der Waals surface area contributed by atoms with Crippen LogP contribution in [0.5, 0.6) is 0 Å². The lowest BCUT2D eigenvalue weighted by Crippen LogP contribution is -2.27. The number of carbonyl (C=O) groups excluding carboxylic acids is 1. The van der Waals surface area contributed by atoms with Gasteiger partial charge in [0.05, 0.1) is 18.0 Å². The lowest BCUT2D eigenvalue weighted by molar-refractivity contribution is -0.127. The van der Waals surface area contributed by atoms with E-state index in [0.717, 1.165) is 22.8 Å². The summed E-state index contributed by atoms with van der Waals surface area (Å²) in [4.78, 5) is 14.1. The van der Waals surface area contributed by atoms with Gasteiger partial charge in [-0.05, 0) is 50.1 Å². The van der Waals surface area contributed by atoms with E-state index in [9.17, 15) is 4.79 Å². The summed E-state index contributed by atoms with van der Waals surface area (Å²) in [5, 5.41) is 8.89. The normalized spacial score (nSPS) is 10.9. The first kappa shape index (κ1) is 18.3. The zero-order valence-corrected chi connectivity index (χ0v) is 16.2. The van der Waals surface area contributed by atoms with Gasteiger partial charge in [-0.2, -0.15) is 0 Å². The molecule has 0 aliphatic heterocycles. The molecule has 3 aromatic rings. The number of carbonyl (C=O) groups is 1. The summed E-state index contributed by atoms with van der Waals surface area (Å²) in [6.07, 6.45) is 1.68. The van der Waals surface area contributed by atoms with Crippen molar-refractivity contribution in [3.05, 3.63) is 59.3 Å².